The lowest BCUT2D eigenvalue weighted by Crippen LogP contribution is -2.14. The summed E-state index contributed by atoms with van der Waals surface area (Å²) >= 11 is 11.5. The molecule has 0 saturated carbocycles. The van der Waals surface area contributed by atoms with Gasteiger partial charge in [-0.1, -0.05) is 41.4 Å². The van der Waals surface area contributed by atoms with Gasteiger partial charge in [0.2, 0.25) is 0 Å². The second kappa shape index (κ2) is 6.04. The maximum absolute atomic E-state index is 11.4. The summed E-state index contributed by atoms with van der Waals surface area (Å²) < 4.78 is 0. The molecule has 2 aromatic rings. The second-order valence-electron chi connectivity index (χ2n) is 4.14. The van der Waals surface area contributed by atoms with Gasteiger partial charge < -0.3 is 5.11 Å². The predicted octanol–water partition coefficient (Wildman–Crippen LogP) is 3.80. The molecule has 1 aromatic carbocycles. The molecule has 0 spiro atoms. The molecule has 1 heterocycles. The number of pyridine rings is 1. The SMILES string of the molecule is O=C(O)C(Cc1ccc(Cl)nc1)c1ccc(Cl)cc1. The normalized spacial score (nSPS) is 12.1. The highest BCUT2D eigenvalue weighted by Crippen LogP contribution is 2.23. The topological polar surface area (TPSA) is 50.2 Å². The minimum Gasteiger partial charge on any atom is -0.481 e. The van der Waals surface area contributed by atoms with Crippen LogP contribution in [-0.2, 0) is 11.2 Å². The predicted molar refractivity (Wildman–Crippen MR) is 74.8 cm³/mol. The van der Waals surface area contributed by atoms with Crippen LogP contribution in [0.2, 0.25) is 10.2 Å². The minimum absolute atomic E-state index is 0.362. The van der Waals surface area contributed by atoms with Gasteiger partial charge in [-0.05, 0) is 35.7 Å². The molecule has 1 unspecified atom stereocenters. The number of benzene rings is 1. The monoisotopic (exact) mass is 295 g/mol. The largest absolute Gasteiger partial charge is 0.481 e. The van der Waals surface area contributed by atoms with Gasteiger partial charge in [0.05, 0.1) is 5.92 Å². The molecule has 0 aliphatic heterocycles. The van der Waals surface area contributed by atoms with E-state index in [9.17, 15) is 9.90 Å². The molecule has 0 aliphatic carbocycles. The van der Waals surface area contributed by atoms with Crippen LogP contribution in [0.25, 0.3) is 0 Å². The second-order valence-corrected chi connectivity index (χ2v) is 4.96. The highest BCUT2D eigenvalue weighted by Gasteiger charge is 2.20. The average molecular weight is 296 g/mol. The summed E-state index contributed by atoms with van der Waals surface area (Å²) in [6, 6.07) is 10.3. The Kier molecular flexibility index (Phi) is 4.40. The number of carboxylic acid groups (broad SMARTS) is 1. The Morgan fingerprint density at radius 1 is 1.16 bits per heavy atom. The van der Waals surface area contributed by atoms with Crippen molar-refractivity contribution >= 4 is 29.2 Å². The van der Waals surface area contributed by atoms with Crippen molar-refractivity contribution in [2.45, 2.75) is 12.3 Å². The summed E-state index contributed by atoms with van der Waals surface area (Å²) in [5.74, 6) is -1.50. The molecule has 0 saturated heterocycles. The molecule has 1 atom stereocenters. The first-order valence-electron chi connectivity index (χ1n) is 5.65. The molecule has 1 aromatic heterocycles. The number of halogens is 2. The number of aromatic nitrogens is 1. The minimum atomic E-state index is -0.878. The van der Waals surface area contributed by atoms with Crippen molar-refractivity contribution in [3.8, 4) is 0 Å². The van der Waals surface area contributed by atoms with E-state index in [0.717, 1.165) is 5.56 Å². The quantitative estimate of drug-likeness (QED) is 0.873. The molecule has 0 fully saturated rings. The standard InChI is InChI=1S/C14H11Cl2NO2/c15-11-4-2-10(3-5-11)12(14(18)19)7-9-1-6-13(16)17-8-9/h1-6,8,12H,7H2,(H,18,19). The first-order valence-corrected chi connectivity index (χ1v) is 6.40. The van der Waals surface area contributed by atoms with Crippen molar-refractivity contribution in [2.24, 2.45) is 0 Å². The fourth-order valence-electron chi connectivity index (χ4n) is 1.81. The summed E-state index contributed by atoms with van der Waals surface area (Å²) in [7, 11) is 0. The number of hydrogen-bond acceptors (Lipinski definition) is 2. The molecule has 0 amide bonds. The third-order valence-electron chi connectivity index (χ3n) is 2.80. The fourth-order valence-corrected chi connectivity index (χ4v) is 2.04. The zero-order valence-electron chi connectivity index (χ0n) is 9.88. The first kappa shape index (κ1) is 13.8. The molecular weight excluding hydrogens is 285 g/mol. The number of aliphatic carboxylic acids is 1. The van der Waals surface area contributed by atoms with Gasteiger partial charge in [-0.2, -0.15) is 0 Å². The van der Waals surface area contributed by atoms with Gasteiger partial charge in [-0.15, -0.1) is 0 Å². The Morgan fingerprint density at radius 2 is 1.84 bits per heavy atom. The van der Waals surface area contributed by atoms with Crippen molar-refractivity contribution in [1.29, 1.82) is 0 Å². The molecule has 5 heteroatoms. The van der Waals surface area contributed by atoms with E-state index in [1.54, 1.807) is 42.6 Å². The first-order chi connectivity index (χ1) is 9.06. The van der Waals surface area contributed by atoms with Crippen molar-refractivity contribution in [2.75, 3.05) is 0 Å². The van der Waals surface area contributed by atoms with Gasteiger partial charge >= 0.3 is 5.97 Å². The van der Waals surface area contributed by atoms with E-state index in [1.165, 1.54) is 0 Å². The molecular formula is C14H11Cl2NO2. The highest BCUT2D eigenvalue weighted by molar-refractivity contribution is 6.30. The lowest BCUT2D eigenvalue weighted by Gasteiger charge is -2.12. The van der Waals surface area contributed by atoms with E-state index in [-0.39, 0.29) is 0 Å². The highest BCUT2D eigenvalue weighted by atomic mass is 35.5. The Morgan fingerprint density at radius 3 is 2.37 bits per heavy atom. The third kappa shape index (κ3) is 3.69. The van der Waals surface area contributed by atoms with Crippen LogP contribution in [0.1, 0.15) is 17.0 Å². The fraction of sp³-hybridized carbons (Fsp3) is 0.143. The van der Waals surface area contributed by atoms with Gasteiger partial charge in [0.1, 0.15) is 5.15 Å². The van der Waals surface area contributed by atoms with Gasteiger partial charge in [-0.3, -0.25) is 4.79 Å². The van der Waals surface area contributed by atoms with Crippen molar-refractivity contribution < 1.29 is 9.90 Å². The smallest absolute Gasteiger partial charge is 0.311 e. The zero-order valence-corrected chi connectivity index (χ0v) is 11.4. The van der Waals surface area contributed by atoms with Crippen LogP contribution in [0.15, 0.2) is 42.6 Å². The summed E-state index contributed by atoms with van der Waals surface area (Å²) in [6.07, 6.45) is 1.95. The van der Waals surface area contributed by atoms with Crippen LogP contribution < -0.4 is 0 Å². The number of carbonyl (C=O) groups is 1. The molecule has 0 radical (unpaired) electrons. The van der Waals surface area contributed by atoms with Crippen LogP contribution in [0.4, 0.5) is 0 Å². The van der Waals surface area contributed by atoms with Crippen LogP contribution in [0, 0.1) is 0 Å². The maximum atomic E-state index is 11.4. The zero-order chi connectivity index (χ0) is 13.8. The van der Waals surface area contributed by atoms with E-state index in [4.69, 9.17) is 23.2 Å². The van der Waals surface area contributed by atoms with E-state index in [2.05, 4.69) is 4.98 Å². The molecule has 19 heavy (non-hydrogen) atoms. The van der Waals surface area contributed by atoms with Crippen molar-refractivity contribution in [3.63, 3.8) is 0 Å². The Balaban J connectivity index is 2.23. The van der Waals surface area contributed by atoms with Crippen molar-refractivity contribution in [3.05, 3.63) is 63.9 Å². The molecule has 98 valence electrons. The Labute approximate surface area is 120 Å². The van der Waals surface area contributed by atoms with E-state index >= 15 is 0 Å². The molecule has 1 N–H and O–H groups in total. The number of nitrogens with zero attached hydrogens (tertiary/aromatic N) is 1. The average Bonchev–Trinajstić information content (AvgIpc) is 2.39. The third-order valence-corrected chi connectivity index (χ3v) is 3.27. The van der Waals surface area contributed by atoms with Gasteiger partial charge in [0.15, 0.2) is 0 Å². The van der Waals surface area contributed by atoms with Gasteiger partial charge in [-0.25, -0.2) is 4.98 Å². The number of carboxylic acids is 1. The Bertz CT molecular complexity index is 567. The van der Waals surface area contributed by atoms with Crippen LogP contribution in [0.3, 0.4) is 0 Å². The maximum Gasteiger partial charge on any atom is 0.311 e. The van der Waals surface area contributed by atoms with E-state index < -0.39 is 11.9 Å². The number of hydrogen-bond donors (Lipinski definition) is 1. The summed E-state index contributed by atoms with van der Waals surface area (Å²) in [6.45, 7) is 0. The van der Waals surface area contributed by atoms with Crippen LogP contribution in [0.5, 0.6) is 0 Å². The van der Waals surface area contributed by atoms with Crippen LogP contribution in [-0.4, -0.2) is 16.1 Å². The lowest BCUT2D eigenvalue weighted by molar-refractivity contribution is -0.138. The summed E-state index contributed by atoms with van der Waals surface area (Å²) in [5.41, 5.74) is 1.54. The van der Waals surface area contributed by atoms with Gasteiger partial charge in [0, 0.05) is 11.2 Å². The van der Waals surface area contributed by atoms with Crippen LogP contribution >= 0.6 is 23.2 Å². The number of rotatable bonds is 4. The van der Waals surface area contributed by atoms with Gasteiger partial charge in [0.25, 0.3) is 0 Å². The lowest BCUT2D eigenvalue weighted by atomic mass is 9.93. The molecule has 3 nitrogen and oxygen atoms in total. The summed E-state index contributed by atoms with van der Waals surface area (Å²) in [4.78, 5) is 15.3. The Hall–Kier alpha value is -1.58. The molecule has 2 rings (SSSR count). The summed E-state index contributed by atoms with van der Waals surface area (Å²) in [5, 5.41) is 10.3. The molecule has 0 bridgehead atoms. The van der Waals surface area contributed by atoms with Crippen molar-refractivity contribution in [1.82, 2.24) is 4.98 Å². The molecule has 0 aliphatic rings. The van der Waals surface area contributed by atoms with E-state index in [0.29, 0.717) is 22.2 Å². The van der Waals surface area contributed by atoms with E-state index in [1.807, 2.05) is 0 Å².